The second-order valence-electron chi connectivity index (χ2n) is 3.51. The van der Waals surface area contributed by atoms with Gasteiger partial charge in [0.05, 0.1) is 11.4 Å². The molecule has 14 heavy (non-hydrogen) atoms. The summed E-state index contributed by atoms with van der Waals surface area (Å²) >= 11 is 4.35. The van der Waals surface area contributed by atoms with Crippen molar-refractivity contribution < 1.29 is 13.5 Å². The molecule has 80 valence electrons. The van der Waals surface area contributed by atoms with E-state index in [1.807, 2.05) is 0 Å². The van der Waals surface area contributed by atoms with Crippen LogP contribution < -0.4 is 0 Å². The number of sulfone groups is 1. The molecule has 0 radical (unpaired) electrons. The molecule has 0 aliphatic heterocycles. The fourth-order valence-electron chi connectivity index (χ4n) is 0.793. The van der Waals surface area contributed by atoms with Gasteiger partial charge in [-0.05, 0) is 35.8 Å². The summed E-state index contributed by atoms with van der Waals surface area (Å²) in [5.41, 5.74) is 0. The summed E-state index contributed by atoms with van der Waals surface area (Å²) in [4.78, 5) is 0. The van der Waals surface area contributed by atoms with Crippen LogP contribution in [0.5, 0.6) is 0 Å². The van der Waals surface area contributed by atoms with Crippen LogP contribution in [0.15, 0.2) is 20.1 Å². The lowest BCUT2D eigenvalue weighted by Gasteiger charge is -2.20. The Labute approximate surface area is 95.8 Å². The Balaban J connectivity index is 3.22. The van der Waals surface area contributed by atoms with Gasteiger partial charge < -0.3 is 5.11 Å². The quantitative estimate of drug-likeness (QED) is 0.929. The van der Waals surface area contributed by atoms with E-state index in [-0.39, 0.29) is 10.8 Å². The van der Waals surface area contributed by atoms with Gasteiger partial charge >= 0.3 is 0 Å². The molecule has 1 rings (SSSR count). The first-order valence-electron chi connectivity index (χ1n) is 3.91. The van der Waals surface area contributed by atoms with Gasteiger partial charge in [0, 0.05) is 9.85 Å². The third-order valence-corrected chi connectivity index (χ3v) is 6.58. The van der Waals surface area contributed by atoms with Crippen LogP contribution in [0.3, 0.4) is 0 Å². The van der Waals surface area contributed by atoms with Crippen molar-refractivity contribution in [2.75, 3.05) is 6.61 Å². The van der Waals surface area contributed by atoms with Crippen molar-refractivity contribution in [3.63, 3.8) is 0 Å². The monoisotopic (exact) mass is 298 g/mol. The molecule has 0 bridgehead atoms. The van der Waals surface area contributed by atoms with Gasteiger partial charge in [0.25, 0.3) is 0 Å². The van der Waals surface area contributed by atoms with Crippen LogP contribution in [0.25, 0.3) is 0 Å². The summed E-state index contributed by atoms with van der Waals surface area (Å²) in [6.45, 7) is 2.64. The number of hydrogen-bond donors (Lipinski definition) is 1. The Bertz CT molecular complexity index is 420. The highest BCUT2D eigenvalue weighted by Crippen LogP contribution is 2.31. The van der Waals surface area contributed by atoms with Crippen molar-refractivity contribution in [2.24, 2.45) is 0 Å². The van der Waals surface area contributed by atoms with E-state index in [9.17, 15) is 8.42 Å². The lowest BCUT2D eigenvalue weighted by Crippen LogP contribution is -2.35. The standard InChI is InChI=1S/C8H11BrO3S2/c1-8(2,5-10)14(11,12)7-3-6(9)4-13-7/h3-4,10H,5H2,1-2H3. The highest BCUT2D eigenvalue weighted by molar-refractivity contribution is 9.10. The van der Waals surface area contributed by atoms with Crippen molar-refractivity contribution in [2.45, 2.75) is 22.8 Å². The SMILES string of the molecule is CC(C)(CO)S(=O)(=O)c1cc(Br)cs1. The number of hydrogen-bond acceptors (Lipinski definition) is 4. The first-order valence-corrected chi connectivity index (χ1v) is 7.06. The Kier molecular flexibility index (Phi) is 3.41. The minimum absolute atomic E-state index is 0.281. The summed E-state index contributed by atoms with van der Waals surface area (Å²) < 4.78 is 23.8. The van der Waals surface area contributed by atoms with Gasteiger partial charge in [-0.25, -0.2) is 8.42 Å². The van der Waals surface area contributed by atoms with Crippen molar-refractivity contribution in [1.29, 1.82) is 0 Å². The first-order chi connectivity index (χ1) is 6.31. The topological polar surface area (TPSA) is 54.4 Å². The summed E-state index contributed by atoms with van der Waals surface area (Å²) in [5, 5.41) is 10.7. The molecule has 0 fully saturated rings. The van der Waals surface area contributed by atoms with Crippen molar-refractivity contribution in [3.8, 4) is 0 Å². The van der Waals surface area contributed by atoms with E-state index in [0.29, 0.717) is 0 Å². The zero-order chi connectivity index (χ0) is 11.0. The first kappa shape index (κ1) is 12.2. The van der Waals surface area contributed by atoms with Gasteiger partial charge in [-0.15, -0.1) is 11.3 Å². The minimum Gasteiger partial charge on any atom is -0.395 e. The Morgan fingerprint density at radius 2 is 2.14 bits per heavy atom. The second-order valence-corrected chi connectivity index (χ2v) is 8.14. The van der Waals surface area contributed by atoms with Crippen molar-refractivity contribution >= 4 is 37.1 Å². The molecule has 0 spiro atoms. The number of thiophene rings is 1. The molecule has 1 aromatic rings. The maximum absolute atomic E-state index is 11.9. The van der Waals surface area contributed by atoms with E-state index in [1.165, 1.54) is 13.8 Å². The van der Waals surface area contributed by atoms with Crippen molar-refractivity contribution in [1.82, 2.24) is 0 Å². The highest BCUT2D eigenvalue weighted by atomic mass is 79.9. The largest absolute Gasteiger partial charge is 0.395 e. The predicted molar refractivity (Wildman–Crippen MR) is 60.4 cm³/mol. The molecule has 3 nitrogen and oxygen atoms in total. The van der Waals surface area contributed by atoms with E-state index < -0.39 is 14.6 Å². The van der Waals surface area contributed by atoms with Crippen LogP contribution in [0, 0.1) is 0 Å². The van der Waals surface area contributed by atoms with E-state index in [0.717, 1.165) is 15.8 Å². The summed E-state index contributed by atoms with van der Waals surface area (Å²) in [6, 6.07) is 1.55. The zero-order valence-corrected chi connectivity index (χ0v) is 11.0. The lowest BCUT2D eigenvalue weighted by atomic mass is 10.2. The van der Waals surface area contributed by atoms with Crippen LogP contribution in [-0.4, -0.2) is 24.9 Å². The van der Waals surface area contributed by atoms with Gasteiger partial charge in [0.15, 0.2) is 9.84 Å². The van der Waals surface area contributed by atoms with Gasteiger partial charge in [0.1, 0.15) is 4.21 Å². The van der Waals surface area contributed by atoms with Crippen LogP contribution in [0.1, 0.15) is 13.8 Å². The molecule has 0 amide bonds. The third-order valence-electron chi connectivity index (χ3n) is 1.92. The minimum atomic E-state index is -3.43. The van der Waals surface area contributed by atoms with Crippen LogP contribution >= 0.6 is 27.3 Å². The Morgan fingerprint density at radius 3 is 2.50 bits per heavy atom. The lowest BCUT2D eigenvalue weighted by molar-refractivity contribution is 0.258. The Morgan fingerprint density at radius 1 is 1.57 bits per heavy atom. The summed E-state index contributed by atoms with van der Waals surface area (Å²) in [6.07, 6.45) is 0. The normalized spacial score (nSPS) is 13.1. The molecule has 0 saturated heterocycles. The molecular weight excluding hydrogens is 288 g/mol. The number of aliphatic hydroxyl groups is 1. The molecule has 0 aliphatic rings. The molecule has 0 unspecified atom stereocenters. The average Bonchev–Trinajstić information content (AvgIpc) is 2.52. The van der Waals surface area contributed by atoms with Crippen LogP contribution in [-0.2, 0) is 9.84 Å². The molecule has 1 heterocycles. The maximum atomic E-state index is 11.9. The molecule has 6 heteroatoms. The van der Waals surface area contributed by atoms with Crippen LogP contribution in [0.2, 0.25) is 0 Å². The molecule has 0 aromatic carbocycles. The molecule has 0 aliphatic carbocycles. The number of aliphatic hydroxyl groups excluding tert-OH is 1. The summed E-state index contributed by atoms with van der Waals surface area (Å²) in [7, 11) is -3.43. The van der Waals surface area contributed by atoms with E-state index >= 15 is 0 Å². The van der Waals surface area contributed by atoms with Gasteiger partial charge in [0.2, 0.25) is 0 Å². The average molecular weight is 299 g/mol. The summed E-state index contributed by atoms with van der Waals surface area (Å²) in [5.74, 6) is 0. The highest BCUT2D eigenvalue weighted by Gasteiger charge is 2.36. The van der Waals surface area contributed by atoms with Gasteiger partial charge in [-0.2, -0.15) is 0 Å². The molecule has 0 saturated carbocycles. The number of halogens is 1. The fourth-order valence-corrected chi connectivity index (χ4v) is 4.42. The van der Waals surface area contributed by atoms with E-state index in [4.69, 9.17) is 5.11 Å². The predicted octanol–water partition coefficient (Wildman–Crippen LogP) is 2.06. The third kappa shape index (κ3) is 2.03. The van der Waals surface area contributed by atoms with E-state index in [1.54, 1.807) is 11.4 Å². The number of rotatable bonds is 3. The smallest absolute Gasteiger partial charge is 0.195 e. The molecule has 0 atom stereocenters. The molecule has 1 aromatic heterocycles. The second kappa shape index (κ2) is 3.92. The fraction of sp³-hybridized carbons (Fsp3) is 0.500. The van der Waals surface area contributed by atoms with Gasteiger partial charge in [-0.3, -0.25) is 0 Å². The van der Waals surface area contributed by atoms with Crippen LogP contribution in [0.4, 0.5) is 0 Å². The maximum Gasteiger partial charge on any atom is 0.195 e. The molecular formula is C8H11BrO3S2. The van der Waals surface area contributed by atoms with Crippen molar-refractivity contribution in [3.05, 3.63) is 15.9 Å². The van der Waals surface area contributed by atoms with E-state index in [2.05, 4.69) is 15.9 Å². The Hall–Kier alpha value is 0.0900. The zero-order valence-electron chi connectivity index (χ0n) is 7.82. The molecule has 1 N–H and O–H groups in total. The van der Waals surface area contributed by atoms with Gasteiger partial charge in [-0.1, -0.05) is 0 Å².